The first-order chi connectivity index (χ1) is 12.5. The second-order valence-corrected chi connectivity index (χ2v) is 6.68. The van der Waals surface area contributed by atoms with Gasteiger partial charge in [0.2, 0.25) is 5.95 Å². The molecule has 0 spiro atoms. The lowest BCUT2D eigenvalue weighted by molar-refractivity contribution is 0.635. The van der Waals surface area contributed by atoms with Gasteiger partial charge in [-0.1, -0.05) is 0 Å². The number of nitrogens with zero attached hydrogens (tertiary/aromatic N) is 9. The summed E-state index contributed by atoms with van der Waals surface area (Å²) in [5, 5.41) is 5.33. The molecule has 0 unspecified atom stereocenters. The molecule has 1 aliphatic rings. The third-order valence-electron chi connectivity index (χ3n) is 4.63. The SMILES string of the molecule is Cc1nc(N2CCN(c3nccc(N(C)C)n3)CC2)c2cnn(C)c2n1. The summed E-state index contributed by atoms with van der Waals surface area (Å²) in [5.41, 5.74) is 0.872. The Morgan fingerprint density at radius 2 is 1.73 bits per heavy atom. The van der Waals surface area contributed by atoms with Crippen LogP contribution < -0.4 is 14.7 Å². The van der Waals surface area contributed by atoms with Crippen molar-refractivity contribution in [1.29, 1.82) is 0 Å². The lowest BCUT2D eigenvalue weighted by atomic mass is 10.3. The Morgan fingerprint density at radius 3 is 2.46 bits per heavy atom. The van der Waals surface area contributed by atoms with E-state index in [4.69, 9.17) is 0 Å². The van der Waals surface area contributed by atoms with Gasteiger partial charge in [0.05, 0.1) is 11.6 Å². The lowest BCUT2D eigenvalue weighted by Gasteiger charge is -2.35. The van der Waals surface area contributed by atoms with E-state index >= 15 is 0 Å². The summed E-state index contributed by atoms with van der Waals surface area (Å²) in [4.78, 5) is 24.8. The fourth-order valence-corrected chi connectivity index (χ4v) is 3.21. The maximum absolute atomic E-state index is 4.68. The summed E-state index contributed by atoms with van der Waals surface area (Å²) in [6, 6.07) is 1.92. The summed E-state index contributed by atoms with van der Waals surface area (Å²) in [6.45, 7) is 5.34. The molecular weight excluding hydrogens is 330 g/mol. The van der Waals surface area contributed by atoms with Crippen molar-refractivity contribution in [3.05, 3.63) is 24.3 Å². The van der Waals surface area contributed by atoms with Crippen molar-refractivity contribution in [3.63, 3.8) is 0 Å². The zero-order valence-electron chi connectivity index (χ0n) is 15.6. The molecule has 3 aromatic rings. The number of piperazine rings is 1. The van der Waals surface area contributed by atoms with Crippen LogP contribution in [-0.4, -0.2) is 70.0 Å². The Hall–Kier alpha value is -2.97. The number of aryl methyl sites for hydroxylation is 2. The third-order valence-corrected chi connectivity index (χ3v) is 4.63. The van der Waals surface area contributed by atoms with Crippen LogP contribution in [-0.2, 0) is 7.05 Å². The Labute approximate surface area is 152 Å². The number of rotatable bonds is 3. The van der Waals surface area contributed by atoms with Gasteiger partial charge in [0, 0.05) is 53.5 Å². The molecule has 1 aliphatic heterocycles. The van der Waals surface area contributed by atoms with Gasteiger partial charge in [-0.3, -0.25) is 4.68 Å². The van der Waals surface area contributed by atoms with Gasteiger partial charge in [-0.25, -0.2) is 15.0 Å². The molecule has 0 aromatic carbocycles. The molecule has 0 aliphatic carbocycles. The molecule has 4 heterocycles. The molecular formula is C17H23N9. The maximum Gasteiger partial charge on any atom is 0.227 e. The van der Waals surface area contributed by atoms with Crippen molar-refractivity contribution in [3.8, 4) is 0 Å². The van der Waals surface area contributed by atoms with E-state index in [-0.39, 0.29) is 0 Å². The van der Waals surface area contributed by atoms with Crippen LogP contribution in [0.15, 0.2) is 18.5 Å². The van der Waals surface area contributed by atoms with Crippen molar-refractivity contribution in [2.75, 3.05) is 55.0 Å². The highest BCUT2D eigenvalue weighted by Crippen LogP contribution is 2.25. The summed E-state index contributed by atoms with van der Waals surface area (Å²) in [5.74, 6) is 3.42. The molecule has 0 amide bonds. The zero-order chi connectivity index (χ0) is 18.3. The smallest absolute Gasteiger partial charge is 0.227 e. The molecule has 1 fully saturated rings. The molecule has 3 aromatic heterocycles. The topological polar surface area (TPSA) is 79.1 Å². The minimum Gasteiger partial charge on any atom is -0.363 e. The van der Waals surface area contributed by atoms with Crippen LogP contribution in [0, 0.1) is 6.92 Å². The normalized spacial score (nSPS) is 14.9. The van der Waals surface area contributed by atoms with E-state index in [9.17, 15) is 0 Å². The fraction of sp³-hybridized carbons (Fsp3) is 0.471. The third kappa shape index (κ3) is 2.89. The first kappa shape index (κ1) is 16.5. The minimum absolute atomic E-state index is 0.764. The van der Waals surface area contributed by atoms with Crippen molar-refractivity contribution in [2.24, 2.45) is 7.05 Å². The van der Waals surface area contributed by atoms with E-state index < -0.39 is 0 Å². The molecule has 0 N–H and O–H groups in total. The van der Waals surface area contributed by atoms with Gasteiger partial charge >= 0.3 is 0 Å². The molecule has 0 saturated carbocycles. The van der Waals surface area contributed by atoms with Gasteiger partial charge in [-0.15, -0.1) is 0 Å². The average Bonchev–Trinajstić information content (AvgIpc) is 3.02. The first-order valence-corrected chi connectivity index (χ1v) is 8.69. The van der Waals surface area contributed by atoms with Gasteiger partial charge in [-0.2, -0.15) is 10.1 Å². The van der Waals surface area contributed by atoms with Gasteiger partial charge in [0.1, 0.15) is 17.5 Å². The Morgan fingerprint density at radius 1 is 1.00 bits per heavy atom. The number of fused-ring (bicyclic) bond motifs is 1. The van der Waals surface area contributed by atoms with Gasteiger partial charge < -0.3 is 14.7 Å². The highest BCUT2D eigenvalue weighted by molar-refractivity contribution is 5.87. The van der Waals surface area contributed by atoms with Crippen molar-refractivity contribution >= 4 is 28.6 Å². The van der Waals surface area contributed by atoms with Crippen LogP contribution >= 0.6 is 0 Å². The standard InChI is InChI=1S/C17H23N9/c1-12-20-15-13(11-19-24(15)4)16(21-12)25-7-9-26(10-8-25)17-18-6-5-14(22-17)23(2)3/h5-6,11H,7-10H2,1-4H3. The monoisotopic (exact) mass is 353 g/mol. The quantitative estimate of drug-likeness (QED) is 0.686. The highest BCUT2D eigenvalue weighted by atomic mass is 15.4. The lowest BCUT2D eigenvalue weighted by Crippen LogP contribution is -2.47. The molecule has 9 nitrogen and oxygen atoms in total. The molecule has 136 valence electrons. The number of aromatic nitrogens is 6. The van der Waals surface area contributed by atoms with Crippen LogP contribution in [0.1, 0.15) is 5.82 Å². The Kier molecular flexibility index (Phi) is 4.06. The molecule has 4 rings (SSSR count). The molecule has 9 heteroatoms. The Balaban J connectivity index is 1.55. The van der Waals surface area contributed by atoms with Crippen molar-refractivity contribution in [1.82, 2.24) is 29.7 Å². The summed E-state index contributed by atoms with van der Waals surface area (Å²) in [6.07, 6.45) is 3.66. The predicted molar refractivity (Wildman–Crippen MR) is 102 cm³/mol. The summed E-state index contributed by atoms with van der Waals surface area (Å²) < 4.78 is 1.80. The molecule has 0 atom stereocenters. The largest absolute Gasteiger partial charge is 0.363 e. The van der Waals surface area contributed by atoms with Crippen LogP contribution in [0.5, 0.6) is 0 Å². The van der Waals surface area contributed by atoms with Crippen LogP contribution in [0.25, 0.3) is 11.0 Å². The van der Waals surface area contributed by atoms with E-state index in [2.05, 4.69) is 34.8 Å². The number of anilines is 3. The molecule has 0 radical (unpaired) electrons. The number of hydrogen-bond acceptors (Lipinski definition) is 8. The maximum atomic E-state index is 4.68. The van der Waals surface area contributed by atoms with E-state index in [1.54, 1.807) is 4.68 Å². The first-order valence-electron chi connectivity index (χ1n) is 8.69. The van der Waals surface area contributed by atoms with Crippen LogP contribution in [0.3, 0.4) is 0 Å². The second kappa shape index (κ2) is 6.40. The number of hydrogen-bond donors (Lipinski definition) is 0. The molecule has 1 saturated heterocycles. The van der Waals surface area contributed by atoms with Crippen LogP contribution in [0.4, 0.5) is 17.6 Å². The highest BCUT2D eigenvalue weighted by Gasteiger charge is 2.23. The summed E-state index contributed by atoms with van der Waals surface area (Å²) >= 11 is 0. The Bertz CT molecular complexity index is 925. The molecule has 0 bridgehead atoms. The zero-order valence-corrected chi connectivity index (χ0v) is 15.6. The van der Waals surface area contributed by atoms with E-state index in [1.165, 1.54) is 0 Å². The second-order valence-electron chi connectivity index (χ2n) is 6.68. The van der Waals surface area contributed by atoms with E-state index in [0.29, 0.717) is 0 Å². The van der Waals surface area contributed by atoms with E-state index in [1.807, 2.05) is 51.4 Å². The summed E-state index contributed by atoms with van der Waals surface area (Å²) in [7, 11) is 5.88. The molecule has 26 heavy (non-hydrogen) atoms. The van der Waals surface area contributed by atoms with Gasteiger partial charge in [0.15, 0.2) is 5.65 Å². The average molecular weight is 353 g/mol. The van der Waals surface area contributed by atoms with Gasteiger partial charge in [0.25, 0.3) is 0 Å². The van der Waals surface area contributed by atoms with Crippen molar-refractivity contribution in [2.45, 2.75) is 6.92 Å². The van der Waals surface area contributed by atoms with E-state index in [0.717, 1.165) is 60.6 Å². The fourth-order valence-electron chi connectivity index (χ4n) is 3.21. The predicted octanol–water partition coefficient (Wildman–Crippen LogP) is 0.854. The van der Waals surface area contributed by atoms with Gasteiger partial charge in [-0.05, 0) is 13.0 Å². The van der Waals surface area contributed by atoms with Crippen LogP contribution in [0.2, 0.25) is 0 Å². The van der Waals surface area contributed by atoms with Crippen molar-refractivity contribution < 1.29 is 0 Å². The minimum atomic E-state index is 0.764.